The van der Waals surface area contributed by atoms with Crippen molar-refractivity contribution >= 4 is 0 Å². The number of pyridine rings is 1. The molecule has 0 aliphatic rings. The largest absolute Gasteiger partial charge is 0.265 e. The normalized spacial score (nSPS) is 7.90. The molecule has 0 unspecified atom stereocenters. The van der Waals surface area contributed by atoms with Crippen LogP contribution in [-0.4, -0.2) is 11.7 Å². The molecule has 0 saturated heterocycles. The average molecular weight is 145 g/mol. The van der Waals surface area contributed by atoms with Crippen LogP contribution in [0.2, 0.25) is 0 Å². The molecule has 1 rings (SSSR count). The molecule has 0 fully saturated rings. The molecule has 3 heteroatoms. The third-order valence-electron chi connectivity index (χ3n) is 0.640. The number of rotatable bonds is 0. The highest BCUT2D eigenvalue weighted by atomic mass is 19.1. The van der Waals surface area contributed by atoms with Crippen LogP contribution in [0.1, 0.15) is 6.92 Å². The van der Waals surface area contributed by atoms with E-state index in [-0.39, 0.29) is 12.5 Å². The van der Waals surface area contributed by atoms with Crippen LogP contribution in [0, 0.1) is 5.82 Å². The van der Waals surface area contributed by atoms with E-state index in [1.807, 2.05) is 0 Å². The van der Waals surface area contributed by atoms with Crippen LogP contribution in [-0.2, 0) is 0 Å². The molecule has 1 aromatic rings. The predicted octanol–water partition coefficient (Wildman–Crippen LogP) is 2.20. The third kappa shape index (κ3) is 5.15. The standard InChI is InChI=1S/C5H4FN.C2H5F/c6-5-1-3-7-4-2-5;1-2-3/h1-4H;2H2,1H3. The molecule has 0 radical (unpaired) electrons. The fourth-order valence-corrected chi connectivity index (χ4v) is 0.334. The topological polar surface area (TPSA) is 12.9 Å². The number of nitrogens with zero attached hydrogens (tertiary/aromatic N) is 1. The van der Waals surface area contributed by atoms with Crippen molar-refractivity contribution in [2.45, 2.75) is 6.92 Å². The molecule has 0 aliphatic heterocycles. The first kappa shape index (κ1) is 9.01. The second-order valence-electron chi connectivity index (χ2n) is 1.43. The lowest BCUT2D eigenvalue weighted by atomic mass is 10.5. The smallest absolute Gasteiger partial charge is 0.126 e. The fourth-order valence-electron chi connectivity index (χ4n) is 0.334. The monoisotopic (exact) mass is 145 g/mol. The molecule has 56 valence electrons. The summed E-state index contributed by atoms with van der Waals surface area (Å²) in [4.78, 5) is 3.61. The quantitative estimate of drug-likeness (QED) is 0.545. The van der Waals surface area contributed by atoms with Gasteiger partial charge in [0.15, 0.2) is 0 Å². The predicted molar refractivity (Wildman–Crippen MR) is 35.8 cm³/mol. The highest BCUT2D eigenvalue weighted by Crippen LogP contribution is 1.88. The maximum atomic E-state index is 11.9. The van der Waals surface area contributed by atoms with Crippen LogP contribution in [0.25, 0.3) is 0 Å². The summed E-state index contributed by atoms with van der Waals surface area (Å²) in [5, 5.41) is 0. The van der Waals surface area contributed by atoms with Crippen LogP contribution in [0.4, 0.5) is 8.78 Å². The van der Waals surface area contributed by atoms with Crippen molar-refractivity contribution < 1.29 is 8.78 Å². The molecule has 0 bridgehead atoms. The van der Waals surface area contributed by atoms with E-state index in [2.05, 4.69) is 4.98 Å². The van der Waals surface area contributed by atoms with Gasteiger partial charge in [-0.15, -0.1) is 0 Å². The minimum absolute atomic E-state index is 0.241. The lowest BCUT2D eigenvalue weighted by Gasteiger charge is -1.78. The Morgan fingerprint density at radius 2 is 1.80 bits per heavy atom. The van der Waals surface area contributed by atoms with Crippen molar-refractivity contribution in [2.24, 2.45) is 0 Å². The minimum Gasteiger partial charge on any atom is -0.265 e. The molecule has 1 aromatic heterocycles. The van der Waals surface area contributed by atoms with Gasteiger partial charge in [0.2, 0.25) is 0 Å². The van der Waals surface area contributed by atoms with Gasteiger partial charge in [0.05, 0.1) is 6.67 Å². The molecular weight excluding hydrogens is 136 g/mol. The highest BCUT2D eigenvalue weighted by Gasteiger charge is 1.78. The van der Waals surface area contributed by atoms with Gasteiger partial charge in [0, 0.05) is 12.4 Å². The molecule has 0 N–H and O–H groups in total. The van der Waals surface area contributed by atoms with E-state index in [0.29, 0.717) is 0 Å². The molecule has 0 spiro atoms. The van der Waals surface area contributed by atoms with Crippen molar-refractivity contribution in [2.75, 3.05) is 6.67 Å². The summed E-state index contributed by atoms with van der Waals surface area (Å²) < 4.78 is 22.2. The molecule has 1 heterocycles. The third-order valence-corrected chi connectivity index (χ3v) is 0.640. The Labute approximate surface area is 58.7 Å². The van der Waals surface area contributed by atoms with Crippen molar-refractivity contribution in [3.63, 3.8) is 0 Å². The van der Waals surface area contributed by atoms with Gasteiger partial charge >= 0.3 is 0 Å². The molecule has 0 saturated carbocycles. The molecular formula is C7H9F2N. The molecule has 10 heavy (non-hydrogen) atoms. The van der Waals surface area contributed by atoms with E-state index in [0.717, 1.165) is 0 Å². The Hall–Kier alpha value is -0.990. The van der Waals surface area contributed by atoms with Crippen molar-refractivity contribution in [3.05, 3.63) is 30.3 Å². The molecule has 0 aromatic carbocycles. The van der Waals surface area contributed by atoms with Crippen LogP contribution < -0.4 is 0 Å². The second kappa shape index (κ2) is 6.13. The first-order valence-electron chi connectivity index (χ1n) is 2.92. The number of halogens is 2. The SMILES string of the molecule is CCF.Fc1ccncc1. The molecule has 1 nitrogen and oxygen atoms in total. The highest BCUT2D eigenvalue weighted by molar-refractivity contribution is 4.92. The number of hydrogen-bond acceptors (Lipinski definition) is 1. The summed E-state index contributed by atoms with van der Waals surface area (Å²) in [5.41, 5.74) is 0. The Morgan fingerprint density at radius 1 is 1.40 bits per heavy atom. The maximum Gasteiger partial charge on any atom is 0.126 e. The van der Waals surface area contributed by atoms with E-state index in [1.165, 1.54) is 31.5 Å². The lowest BCUT2D eigenvalue weighted by molar-refractivity contribution is 0.527. The van der Waals surface area contributed by atoms with Gasteiger partial charge in [-0.25, -0.2) is 4.39 Å². The Bertz CT molecular complexity index is 153. The van der Waals surface area contributed by atoms with E-state index in [1.54, 1.807) is 0 Å². The summed E-state index contributed by atoms with van der Waals surface area (Å²) in [7, 11) is 0. The van der Waals surface area contributed by atoms with Gasteiger partial charge in [-0.05, 0) is 19.1 Å². The number of alkyl halides is 1. The van der Waals surface area contributed by atoms with Crippen molar-refractivity contribution in [3.8, 4) is 0 Å². The minimum atomic E-state index is -0.250. The summed E-state index contributed by atoms with van der Waals surface area (Å²) in [6.07, 6.45) is 2.82. The van der Waals surface area contributed by atoms with Gasteiger partial charge in [0.1, 0.15) is 5.82 Å². The Kier molecular flexibility index (Phi) is 5.53. The van der Waals surface area contributed by atoms with Gasteiger partial charge in [-0.1, -0.05) is 0 Å². The molecule has 0 atom stereocenters. The second-order valence-corrected chi connectivity index (χ2v) is 1.43. The van der Waals surface area contributed by atoms with E-state index >= 15 is 0 Å². The van der Waals surface area contributed by atoms with Crippen LogP contribution in [0.5, 0.6) is 0 Å². The first-order chi connectivity index (χ1) is 4.81. The summed E-state index contributed by atoms with van der Waals surface area (Å²) in [6, 6.07) is 2.61. The van der Waals surface area contributed by atoms with E-state index < -0.39 is 0 Å². The van der Waals surface area contributed by atoms with E-state index in [4.69, 9.17) is 0 Å². The Morgan fingerprint density at radius 3 is 2.00 bits per heavy atom. The molecule has 0 aliphatic carbocycles. The summed E-state index contributed by atoms with van der Waals surface area (Å²) in [6.45, 7) is 1.21. The average Bonchev–Trinajstić information content (AvgIpc) is 1.91. The van der Waals surface area contributed by atoms with Crippen LogP contribution in [0.15, 0.2) is 24.5 Å². The van der Waals surface area contributed by atoms with Crippen molar-refractivity contribution in [1.29, 1.82) is 0 Å². The van der Waals surface area contributed by atoms with Gasteiger partial charge in [0.25, 0.3) is 0 Å². The summed E-state index contributed by atoms with van der Waals surface area (Å²) >= 11 is 0. The van der Waals surface area contributed by atoms with Gasteiger partial charge < -0.3 is 0 Å². The van der Waals surface area contributed by atoms with Crippen LogP contribution in [0.3, 0.4) is 0 Å². The zero-order valence-corrected chi connectivity index (χ0v) is 5.72. The van der Waals surface area contributed by atoms with Crippen molar-refractivity contribution in [1.82, 2.24) is 4.98 Å². The number of aromatic nitrogens is 1. The maximum absolute atomic E-state index is 11.9. The Balaban J connectivity index is 0.000000236. The van der Waals surface area contributed by atoms with Gasteiger partial charge in [-0.2, -0.15) is 0 Å². The van der Waals surface area contributed by atoms with Crippen LogP contribution >= 0.6 is 0 Å². The summed E-state index contributed by atoms with van der Waals surface area (Å²) in [5.74, 6) is -0.241. The molecule has 0 amide bonds. The number of hydrogen-bond donors (Lipinski definition) is 0. The fraction of sp³-hybridized carbons (Fsp3) is 0.286. The lowest BCUT2D eigenvalue weighted by Crippen LogP contribution is -1.69. The van der Waals surface area contributed by atoms with Gasteiger partial charge in [-0.3, -0.25) is 9.37 Å². The zero-order valence-electron chi connectivity index (χ0n) is 5.72. The van der Waals surface area contributed by atoms with E-state index in [9.17, 15) is 8.78 Å². The zero-order chi connectivity index (χ0) is 7.82. The first-order valence-corrected chi connectivity index (χ1v) is 2.92.